The number of hydrogen-bond acceptors (Lipinski definition) is 4. The first-order chi connectivity index (χ1) is 13.9. The van der Waals surface area contributed by atoms with E-state index in [0.29, 0.717) is 36.7 Å². The number of benzene rings is 1. The van der Waals surface area contributed by atoms with Crippen LogP contribution in [0.1, 0.15) is 78.9 Å². The van der Waals surface area contributed by atoms with Gasteiger partial charge < -0.3 is 14.9 Å². The van der Waals surface area contributed by atoms with Gasteiger partial charge in [0.1, 0.15) is 11.5 Å². The van der Waals surface area contributed by atoms with Crippen LogP contribution in [0.3, 0.4) is 0 Å². The quantitative estimate of drug-likeness (QED) is 0.716. The van der Waals surface area contributed by atoms with Crippen molar-refractivity contribution in [1.82, 2.24) is 4.98 Å². The Morgan fingerprint density at radius 1 is 1.14 bits per heavy atom. The van der Waals surface area contributed by atoms with Crippen molar-refractivity contribution < 1.29 is 19.7 Å². The largest absolute Gasteiger partial charge is 0.506 e. The van der Waals surface area contributed by atoms with E-state index in [4.69, 9.17) is 9.72 Å². The van der Waals surface area contributed by atoms with Crippen molar-refractivity contribution in [1.29, 1.82) is 0 Å². The molecule has 5 heteroatoms. The van der Waals surface area contributed by atoms with E-state index in [1.54, 1.807) is 6.07 Å². The SMILES string of the molecule is Cc1cc(OC2(C(=O)O)CC2)cc(C)c1Cc1ccc(O)c(C2CCCCC2)n1. The van der Waals surface area contributed by atoms with Gasteiger partial charge in [0.05, 0.1) is 5.69 Å². The van der Waals surface area contributed by atoms with E-state index in [9.17, 15) is 15.0 Å². The molecule has 0 atom stereocenters. The number of aromatic hydroxyl groups is 1. The maximum atomic E-state index is 11.4. The molecule has 0 spiro atoms. The maximum absolute atomic E-state index is 11.4. The summed E-state index contributed by atoms with van der Waals surface area (Å²) in [6.45, 7) is 4.05. The lowest BCUT2D eigenvalue weighted by atomic mass is 9.86. The van der Waals surface area contributed by atoms with Gasteiger partial charge in [0.2, 0.25) is 5.60 Å². The molecule has 2 N–H and O–H groups in total. The van der Waals surface area contributed by atoms with Crippen LogP contribution in [-0.2, 0) is 11.2 Å². The van der Waals surface area contributed by atoms with Crippen LogP contribution in [0.5, 0.6) is 11.5 Å². The second-order valence-electron chi connectivity index (χ2n) is 8.66. The number of aliphatic carboxylic acids is 1. The zero-order valence-electron chi connectivity index (χ0n) is 17.2. The molecule has 154 valence electrons. The summed E-state index contributed by atoms with van der Waals surface area (Å²) in [5, 5.41) is 19.7. The number of aromatic nitrogens is 1. The van der Waals surface area contributed by atoms with Crippen LogP contribution in [0.2, 0.25) is 0 Å². The molecular weight excluding hydrogens is 366 g/mol. The van der Waals surface area contributed by atoms with Crippen LogP contribution in [0, 0.1) is 13.8 Å². The van der Waals surface area contributed by atoms with E-state index in [-0.39, 0.29) is 0 Å². The Morgan fingerprint density at radius 3 is 2.38 bits per heavy atom. The minimum absolute atomic E-state index is 0.307. The molecule has 5 nitrogen and oxygen atoms in total. The van der Waals surface area contributed by atoms with Crippen LogP contribution in [0.4, 0.5) is 0 Å². The summed E-state index contributed by atoms with van der Waals surface area (Å²) < 4.78 is 5.81. The Hall–Kier alpha value is -2.56. The fraction of sp³-hybridized carbons (Fsp3) is 0.500. The molecule has 0 bridgehead atoms. The molecule has 1 heterocycles. The summed E-state index contributed by atoms with van der Waals surface area (Å²) >= 11 is 0. The maximum Gasteiger partial charge on any atom is 0.348 e. The zero-order valence-corrected chi connectivity index (χ0v) is 17.2. The third-order valence-electron chi connectivity index (χ3n) is 6.39. The van der Waals surface area contributed by atoms with Crippen molar-refractivity contribution in [3.8, 4) is 11.5 Å². The number of rotatable bonds is 6. The number of carbonyl (C=O) groups is 1. The molecule has 0 aliphatic heterocycles. The lowest BCUT2D eigenvalue weighted by Gasteiger charge is -2.22. The first kappa shape index (κ1) is 19.7. The van der Waals surface area contributed by atoms with Crippen LogP contribution in [-0.4, -0.2) is 26.8 Å². The van der Waals surface area contributed by atoms with Gasteiger partial charge in [-0.15, -0.1) is 0 Å². The van der Waals surface area contributed by atoms with Crippen LogP contribution < -0.4 is 4.74 Å². The topological polar surface area (TPSA) is 79.7 Å². The number of carboxylic acids is 1. The first-order valence-electron chi connectivity index (χ1n) is 10.6. The molecule has 0 unspecified atom stereocenters. The van der Waals surface area contributed by atoms with E-state index in [0.717, 1.165) is 35.4 Å². The zero-order chi connectivity index (χ0) is 20.6. The minimum atomic E-state index is -1.03. The van der Waals surface area contributed by atoms with Gasteiger partial charge in [-0.25, -0.2) is 4.79 Å². The number of pyridine rings is 1. The van der Waals surface area contributed by atoms with Crippen molar-refractivity contribution in [2.45, 2.75) is 76.7 Å². The van der Waals surface area contributed by atoms with Gasteiger partial charge in [-0.2, -0.15) is 0 Å². The molecule has 2 aliphatic carbocycles. The fourth-order valence-electron chi connectivity index (χ4n) is 4.46. The first-order valence-corrected chi connectivity index (χ1v) is 10.6. The van der Waals surface area contributed by atoms with E-state index >= 15 is 0 Å². The molecule has 0 radical (unpaired) electrons. The molecular formula is C24H29NO4. The Kier molecular flexibility index (Phi) is 5.24. The predicted octanol–water partition coefficient (Wildman–Crippen LogP) is 5.04. The molecule has 2 fully saturated rings. The van der Waals surface area contributed by atoms with Gasteiger partial charge >= 0.3 is 5.97 Å². The highest BCUT2D eigenvalue weighted by atomic mass is 16.5. The number of nitrogens with zero attached hydrogens (tertiary/aromatic N) is 1. The molecule has 1 aromatic heterocycles. The molecule has 0 saturated heterocycles. The lowest BCUT2D eigenvalue weighted by Crippen LogP contribution is -2.29. The standard InChI is InChI=1S/C24H29NO4/c1-15-12-19(29-24(10-11-24)23(27)28)13-16(2)20(15)14-18-8-9-21(26)22(25-18)17-6-4-3-5-7-17/h8-9,12-13,17,26H,3-7,10-11,14H2,1-2H3,(H,27,28). The smallest absolute Gasteiger partial charge is 0.348 e. The van der Waals surface area contributed by atoms with Crippen molar-refractivity contribution in [2.24, 2.45) is 0 Å². The van der Waals surface area contributed by atoms with Gasteiger partial charge in [0.25, 0.3) is 0 Å². The van der Waals surface area contributed by atoms with E-state index in [1.807, 2.05) is 32.0 Å². The monoisotopic (exact) mass is 395 g/mol. The number of ether oxygens (including phenoxy) is 1. The van der Waals surface area contributed by atoms with Crippen molar-refractivity contribution >= 4 is 5.97 Å². The van der Waals surface area contributed by atoms with Crippen molar-refractivity contribution in [3.05, 3.63) is 52.3 Å². The molecule has 1 aromatic carbocycles. The summed E-state index contributed by atoms with van der Waals surface area (Å²) in [7, 11) is 0. The number of carboxylic acid groups (broad SMARTS) is 1. The second kappa shape index (κ2) is 7.69. The Bertz CT molecular complexity index is 903. The number of aryl methyl sites for hydroxylation is 2. The van der Waals surface area contributed by atoms with Crippen molar-refractivity contribution in [3.63, 3.8) is 0 Å². The summed E-state index contributed by atoms with van der Waals surface area (Å²) in [5.74, 6) is 0.388. The highest BCUT2D eigenvalue weighted by molar-refractivity contribution is 5.81. The Balaban J connectivity index is 1.56. The summed E-state index contributed by atoms with van der Waals surface area (Å²) in [6.07, 6.45) is 7.67. The third kappa shape index (κ3) is 4.09. The van der Waals surface area contributed by atoms with Crippen molar-refractivity contribution in [2.75, 3.05) is 0 Å². The molecule has 0 amide bonds. The molecule has 2 saturated carbocycles. The van der Waals surface area contributed by atoms with Crippen LogP contribution in [0.15, 0.2) is 24.3 Å². The Labute approximate surface area is 171 Å². The van der Waals surface area contributed by atoms with E-state index in [2.05, 4.69) is 0 Å². The summed E-state index contributed by atoms with van der Waals surface area (Å²) in [5.41, 5.74) is 4.06. The van der Waals surface area contributed by atoms with Crippen LogP contribution >= 0.6 is 0 Å². The van der Waals surface area contributed by atoms with Gasteiger partial charge in [0.15, 0.2) is 0 Å². The molecule has 29 heavy (non-hydrogen) atoms. The molecule has 2 aromatic rings. The summed E-state index contributed by atoms with van der Waals surface area (Å²) in [4.78, 5) is 16.2. The van der Waals surface area contributed by atoms with E-state index in [1.165, 1.54) is 24.8 Å². The van der Waals surface area contributed by atoms with E-state index < -0.39 is 11.6 Å². The molecule has 4 rings (SSSR count). The van der Waals surface area contributed by atoms with Gasteiger partial charge in [-0.1, -0.05) is 19.3 Å². The fourth-order valence-corrected chi connectivity index (χ4v) is 4.46. The van der Waals surface area contributed by atoms with Gasteiger partial charge in [-0.3, -0.25) is 4.98 Å². The minimum Gasteiger partial charge on any atom is -0.506 e. The predicted molar refractivity (Wildman–Crippen MR) is 111 cm³/mol. The van der Waals surface area contributed by atoms with Gasteiger partial charge in [0, 0.05) is 30.9 Å². The highest BCUT2D eigenvalue weighted by Crippen LogP contribution is 2.41. The lowest BCUT2D eigenvalue weighted by molar-refractivity contribution is -0.147. The van der Waals surface area contributed by atoms with Crippen LogP contribution in [0.25, 0.3) is 0 Å². The highest BCUT2D eigenvalue weighted by Gasteiger charge is 2.53. The number of hydrogen-bond donors (Lipinski definition) is 2. The normalized spacial score (nSPS) is 18.4. The average molecular weight is 395 g/mol. The van der Waals surface area contributed by atoms with Gasteiger partial charge in [-0.05, 0) is 67.6 Å². The second-order valence-corrected chi connectivity index (χ2v) is 8.66. The average Bonchev–Trinajstić information content (AvgIpc) is 3.47. The third-order valence-corrected chi connectivity index (χ3v) is 6.39. The summed E-state index contributed by atoms with van der Waals surface area (Å²) in [6, 6.07) is 7.52. The Morgan fingerprint density at radius 2 is 1.79 bits per heavy atom. The molecule has 2 aliphatic rings.